The molecule has 7 nitrogen and oxygen atoms in total. The summed E-state index contributed by atoms with van der Waals surface area (Å²) in [6, 6.07) is 23.3. The first kappa shape index (κ1) is 24.3. The van der Waals surface area contributed by atoms with Gasteiger partial charge >= 0.3 is 6.03 Å². The average Bonchev–Trinajstić information content (AvgIpc) is 3.41. The predicted octanol–water partition coefficient (Wildman–Crippen LogP) is 6.31. The molecule has 0 radical (unpaired) electrons. The van der Waals surface area contributed by atoms with Gasteiger partial charge in [-0.15, -0.1) is 0 Å². The maximum Gasteiger partial charge on any atom is 0.322 e. The fourth-order valence-corrected chi connectivity index (χ4v) is 4.68. The summed E-state index contributed by atoms with van der Waals surface area (Å²) in [4.78, 5) is 19.9. The molecule has 0 saturated heterocycles. The summed E-state index contributed by atoms with van der Waals surface area (Å²) in [7, 11) is 1.63. The number of aromatic nitrogens is 2. The summed E-state index contributed by atoms with van der Waals surface area (Å²) in [6.07, 6.45) is 0.940. The van der Waals surface area contributed by atoms with Crippen LogP contribution in [0, 0.1) is 6.92 Å². The van der Waals surface area contributed by atoms with E-state index in [-0.39, 0.29) is 6.03 Å². The number of hydrogen-bond donors (Lipinski definition) is 1. The van der Waals surface area contributed by atoms with Gasteiger partial charge in [0.15, 0.2) is 0 Å². The zero-order chi connectivity index (χ0) is 25.9. The standard InChI is InChI=1S/C30H30N4O3/c1-5-21-13-15-22(16-14-21)27-26(29-32-28(33-37-29)23-11-8-9-19(2)17-23)20(3)34(30(35)31-27)18-24-10-6-7-12-25(24)36-4/h6-17,27H,5,18H2,1-4H3,(H,31,35). The van der Waals surface area contributed by atoms with Gasteiger partial charge < -0.3 is 14.6 Å². The summed E-state index contributed by atoms with van der Waals surface area (Å²) in [5, 5.41) is 7.45. The van der Waals surface area contributed by atoms with Gasteiger partial charge in [0.2, 0.25) is 5.82 Å². The number of aryl methyl sites for hydroxylation is 2. The van der Waals surface area contributed by atoms with Gasteiger partial charge in [-0.3, -0.25) is 4.90 Å². The van der Waals surface area contributed by atoms with Crippen LogP contribution in [0.3, 0.4) is 0 Å². The molecule has 4 aromatic rings. The van der Waals surface area contributed by atoms with E-state index in [1.54, 1.807) is 12.0 Å². The Morgan fingerprint density at radius 1 is 1.03 bits per heavy atom. The lowest BCUT2D eigenvalue weighted by molar-refractivity contribution is 0.202. The van der Waals surface area contributed by atoms with Crippen molar-refractivity contribution in [3.8, 4) is 17.1 Å². The lowest BCUT2D eigenvalue weighted by atomic mass is 9.93. The van der Waals surface area contributed by atoms with Gasteiger partial charge in [-0.1, -0.05) is 78.3 Å². The van der Waals surface area contributed by atoms with Gasteiger partial charge in [0.25, 0.3) is 5.89 Å². The molecule has 0 fully saturated rings. The van der Waals surface area contributed by atoms with Gasteiger partial charge in [0.05, 0.1) is 25.3 Å². The molecule has 7 heteroatoms. The molecule has 0 saturated carbocycles. The van der Waals surface area contributed by atoms with Crippen molar-refractivity contribution in [1.82, 2.24) is 20.4 Å². The minimum atomic E-state index is -0.432. The summed E-state index contributed by atoms with van der Waals surface area (Å²) >= 11 is 0. The van der Waals surface area contributed by atoms with E-state index in [1.165, 1.54) is 5.56 Å². The average molecular weight is 495 g/mol. The number of hydrogen-bond acceptors (Lipinski definition) is 5. The van der Waals surface area contributed by atoms with E-state index in [0.29, 0.717) is 18.3 Å². The van der Waals surface area contributed by atoms with Crippen LogP contribution in [0.4, 0.5) is 4.79 Å². The second-order valence-corrected chi connectivity index (χ2v) is 9.17. The third-order valence-corrected chi connectivity index (χ3v) is 6.77. The van der Waals surface area contributed by atoms with Crippen LogP contribution in [0.5, 0.6) is 5.75 Å². The molecule has 0 bridgehead atoms. The topological polar surface area (TPSA) is 80.5 Å². The van der Waals surface area contributed by atoms with E-state index in [2.05, 4.69) is 29.5 Å². The quantitative estimate of drug-likeness (QED) is 0.325. The number of urea groups is 1. The van der Waals surface area contributed by atoms with Crippen LogP contribution in [0.15, 0.2) is 83.0 Å². The Balaban J connectivity index is 1.60. The monoisotopic (exact) mass is 494 g/mol. The fraction of sp³-hybridized carbons (Fsp3) is 0.233. The molecule has 0 spiro atoms. The highest BCUT2D eigenvalue weighted by atomic mass is 16.5. The Labute approximate surface area is 216 Å². The normalized spacial score (nSPS) is 15.6. The van der Waals surface area contributed by atoms with E-state index in [9.17, 15) is 4.79 Å². The Morgan fingerprint density at radius 3 is 2.54 bits per heavy atom. The number of nitrogens with zero attached hydrogens (tertiary/aromatic N) is 3. The summed E-state index contributed by atoms with van der Waals surface area (Å²) in [5.74, 6) is 1.61. The van der Waals surface area contributed by atoms with Gasteiger partial charge in [-0.2, -0.15) is 4.98 Å². The molecule has 1 atom stereocenters. The zero-order valence-electron chi connectivity index (χ0n) is 21.5. The minimum absolute atomic E-state index is 0.199. The van der Waals surface area contributed by atoms with Crippen LogP contribution in [0.2, 0.25) is 0 Å². The number of methoxy groups -OCH3 is 1. The van der Waals surface area contributed by atoms with Crippen molar-refractivity contribution in [1.29, 1.82) is 0 Å². The van der Waals surface area contributed by atoms with Crippen LogP contribution in [-0.2, 0) is 13.0 Å². The van der Waals surface area contributed by atoms with Crippen molar-refractivity contribution in [2.45, 2.75) is 39.8 Å². The SMILES string of the molecule is CCc1ccc(C2NC(=O)N(Cc3ccccc3OC)C(C)=C2c2nc(-c3cccc(C)c3)no2)cc1. The van der Waals surface area contributed by atoms with Crippen LogP contribution < -0.4 is 10.1 Å². The summed E-state index contributed by atoms with van der Waals surface area (Å²) < 4.78 is 11.4. The van der Waals surface area contributed by atoms with Gasteiger partial charge in [-0.05, 0) is 43.5 Å². The summed E-state index contributed by atoms with van der Waals surface area (Å²) in [5.41, 5.74) is 6.58. The molecule has 0 aliphatic carbocycles. The van der Waals surface area contributed by atoms with Crippen molar-refractivity contribution in [2.24, 2.45) is 0 Å². The van der Waals surface area contributed by atoms with Gasteiger partial charge in [0, 0.05) is 16.8 Å². The van der Waals surface area contributed by atoms with E-state index in [0.717, 1.165) is 45.7 Å². The second-order valence-electron chi connectivity index (χ2n) is 9.17. The first-order valence-corrected chi connectivity index (χ1v) is 12.4. The van der Waals surface area contributed by atoms with Crippen molar-refractivity contribution in [3.63, 3.8) is 0 Å². The molecular formula is C30H30N4O3. The number of ether oxygens (including phenoxy) is 1. The highest BCUT2D eigenvalue weighted by Gasteiger charge is 2.36. The lowest BCUT2D eigenvalue weighted by Gasteiger charge is -2.35. The Bertz CT molecular complexity index is 1460. The van der Waals surface area contributed by atoms with E-state index < -0.39 is 6.04 Å². The van der Waals surface area contributed by atoms with Crippen molar-refractivity contribution in [2.75, 3.05) is 7.11 Å². The van der Waals surface area contributed by atoms with E-state index in [4.69, 9.17) is 14.2 Å². The van der Waals surface area contributed by atoms with E-state index in [1.807, 2.05) is 74.5 Å². The Morgan fingerprint density at radius 2 is 1.81 bits per heavy atom. The number of para-hydroxylation sites is 1. The summed E-state index contributed by atoms with van der Waals surface area (Å²) in [6.45, 7) is 6.41. The zero-order valence-corrected chi connectivity index (χ0v) is 21.5. The molecule has 188 valence electrons. The molecule has 2 amide bonds. The number of rotatable bonds is 7. The second kappa shape index (κ2) is 10.3. The third-order valence-electron chi connectivity index (χ3n) is 6.77. The highest BCUT2D eigenvalue weighted by Crippen LogP contribution is 2.38. The molecule has 37 heavy (non-hydrogen) atoms. The van der Waals surface area contributed by atoms with Gasteiger partial charge in [0.1, 0.15) is 5.75 Å². The van der Waals surface area contributed by atoms with Crippen molar-refractivity contribution < 1.29 is 14.1 Å². The number of nitrogens with one attached hydrogen (secondary N) is 1. The molecule has 1 N–H and O–H groups in total. The predicted molar refractivity (Wildman–Crippen MR) is 143 cm³/mol. The van der Waals surface area contributed by atoms with Crippen molar-refractivity contribution in [3.05, 3.63) is 107 Å². The number of allylic oxidation sites excluding steroid dienone is 1. The fourth-order valence-electron chi connectivity index (χ4n) is 4.68. The number of amides is 2. The molecule has 1 aliphatic heterocycles. The maximum atomic E-state index is 13.4. The number of benzene rings is 3. The van der Waals surface area contributed by atoms with Crippen LogP contribution in [0.25, 0.3) is 17.0 Å². The largest absolute Gasteiger partial charge is 0.496 e. The number of carbonyl (C=O) groups excluding carboxylic acids is 1. The van der Waals surface area contributed by atoms with Gasteiger partial charge in [-0.25, -0.2) is 4.79 Å². The Kier molecular flexibility index (Phi) is 6.77. The molecule has 3 aromatic carbocycles. The first-order chi connectivity index (χ1) is 18.0. The molecule has 5 rings (SSSR count). The smallest absolute Gasteiger partial charge is 0.322 e. The molecule has 1 aromatic heterocycles. The molecular weight excluding hydrogens is 464 g/mol. The van der Waals surface area contributed by atoms with Crippen molar-refractivity contribution >= 4 is 11.6 Å². The van der Waals surface area contributed by atoms with E-state index >= 15 is 0 Å². The Hall–Kier alpha value is -4.39. The molecule has 1 unspecified atom stereocenters. The molecule has 2 heterocycles. The lowest BCUT2D eigenvalue weighted by Crippen LogP contribution is -2.45. The first-order valence-electron chi connectivity index (χ1n) is 12.4. The number of carbonyl (C=O) groups is 1. The maximum absolute atomic E-state index is 13.4. The van der Waals surface area contributed by atoms with Crippen LogP contribution >= 0.6 is 0 Å². The molecule has 1 aliphatic rings. The highest BCUT2D eigenvalue weighted by molar-refractivity contribution is 5.87. The third kappa shape index (κ3) is 4.85. The van der Waals surface area contributed by atoms with Crippen LogP contribution in [0.1, 0.15) is 48.0 Å². The van der Waals surface area contributed by atoms with Crippen LogP contribution in [-0.4, -0.2) is 28.2 Å². The minimum Gasteiger partial charge on any atom is -0.496 e.